The first-order chi connectivity index (χ1) is 5.91. The maximum Gasteiger partial charge on any atom is 0.391 e. The second kappa shape index (κ2) is 4.07. The lowest BCUT2D eigenvalue weighted by molar-refractivity contribution is -0.185. The van der Waals surface area contributed by atoms with Gasteiger partial charge in [-0.15, -0.1) is 11.6 Å². The van der Waals surface area contributed by atoms with Crippen molar-refractivity contribution in [3.05, 3.63) is 0 Å². The van der Waals surface area contributed by atoms with Crippen molar-refractivity contribution in [3.63, 3.8) is 0 Å². The normalized spacial score (nSPS) is 33.0. The zero-order chi connectivity index (χ0) is 10.1. The molecule has 1 aliphatic carbocycles. The van der Waals surface area contributed by atoms with Gasteiger partial charge in [0.2, 0.25) is 0 Å². The van der Waals surface area contributed by atoms with Gasteiger partial charge in [0.05, 0.1) is 5.92 Å². The second-order valence-corrected chi connectivity index (χ2v) is 4.53. The summed E-state index contributed by atoms with van der Waals surface area (Å²) in [6, 6.07) is 0. The van der Waals surface area contributed by atoms with E-state index < -0.39 is 12.1 Å². The minimum Gasteiger partial charge on any atom is -0.171 e. The minimum absolute atomic E-state index is 0.0436. The van der Waals surface area contributed by atoms with Crippen LogP contribution in [0.2, 0.25) is 0 Å². The highest BCUT2D eigenvalue weighted by molar-refractivity contribution is 6.20. The van der Waals surface area contributed by atoms with Crippen LogP contribution in [0.25, 0.3) is 0 Å². The van der Waals surface area contributed by atoms with Gasteiger partial charge in [0, 0.05) is 5.38 Å². The summed E-state index contributed by atoms with van der Waals surface area (Å²) in [6.45, 7) is 1.78. The van der Waals surface area contributed by atoms with Crippen LogP contribution in [0, 0.1) is 11.8 Å². The Hall–Kier alpha value is 0.0800. The zero-order valence-corrected chi connectivity index (χ0v) is 8.33. The molecule has 1 fully saturated rings. The maximum absolute atomic E-state index is 12.3. The number of hydrogen-bond donors (Lipinski definition) is 0. The third kappa shape index (κ3) is 3.04. The fourth-order valence-electron chi connectivity index (χ4n) is 1.94. The van der Waals surface area contributed by atoms with E-state index in [1.54, 1.807) is 6.92 Å². The molecule has 0 N–H and O–H groups in total. The molecule has 1 rings (SSSR count). The lowest BCUT2D eigenvalue weighted by Crippen LogP contribution is -2.31. The van der Waals surface area contributed by atoms with Crippen molar-refractivity contribution in [1.29, 1.82) is 0 Å². The molecule has 1 aliphatic rings. The molecule has 1 saturated carbocycles. The van der Waals surface area contributed by atoms with E-state index in [0.717, 1.165) is 6.42 Å². The van der Waals surface area contributed by atoms with Crippen molar-refractivity contribution in [3.8, 4) is 0 Å². The SMILES string of the molecule is CC(Cl)C1CCCC(C(F)(F)F)C1. The van der Waals surface area contributed by atoms with E-state index in [1.807, 2.05) is 0 Å². The van der Waals surface area contributed by atoms with Gasteiger partial charge in [-0.3, -0.25) is 0 Å². The summed E-state index contributed by atoms with van der Waals surface area (Å²) >= 11 is 5.80. The first-order valence-corrected chi connectivity index (χ1v) is 5.05. The lowest BCUT2D eigenvalue weighted by atomic mass is 9.80. The summed E-state index contributed by atoms with van der Waals surface area (Å²) in [5.41, 5.74) is 0. The third-order valence-corrected chi connectivity index (χ3v) is 3.18. The predicted octanol–water partition coefficient (Wildman–Crippen LogP) is 3.98. The van der Waals surface area contributed by atoms with Gasteiger partial charge in [-0.1, -0.05) is 6.42 Å². The molecular weight excluding hydrogens is 201 g/mol. The molecular formula is C9H14ClF3. The second-order valence-electron chi connectivity index (χ2n) is 3.84. The highest BCUT2D eigenvalue weighted by Gasteiger charge is 2.42. The molecule has 0 radical (unpaired) electrons. The van der Waals surface area contributed by atoms with Crippen LogP contribution < -0.4 is 0 Å². The summed E-state index contributed by atoms with van der Waals surface area (Å²) in [5.74, 6) is -1.07. The van der Waals surface area contributed by atoms with Crippen LogP contribution in [-0.4, -0.2) is 11.6 Å². The van der Waals surface area contributed by atoms with Crippen molar-refractivity contribution in [2.45, 2.75) is 44.2 Å². The smallest absolute Gasteiger partial charge is 0.171 e. The van der Waals surface area contributed by atoms with Crippen molar-refractivity contribution < 1.29 is 13.2 Å². The van der Waals surface area contributed by atoms with Gasteiger partial charge in [-0.2, -0.15) is 13.2 Å². The Morgan fingerprint density at radius 1 is 1.31 bits per heavy atom. The van der Waals surface area contributed by atoms with Crippen LogP contribution in [0.1, 0.15) is 32.6 Å². The predicted molar refractivity (Wildman–Crippen MR) is 46.8 cm³/mol. The Bertz CT molecular complexity index is 165. The largest absolute Gasteiger partial charge is 0.391 e. The summed E-state index contributed by atoms with van der Waals surface area (Å²) in [7, 11) is 0. The average molecular weight is 215 g/mol. The van der Waals surface area contributed by atoms with E-state index >= 15 is 0 Å². The van der Waals surface area contributed by atoms with Crippen LogP contribution >= 0.6 is 11.6 Å². The van der Waals surface area contributed by atoms with Gasteiger partial charge < -0.3 is 0 Å². The van der Waals surface area contributed by atoms with Gasteiger partial charge in [0.25, 0.3) is 0 Å². The Balaban J connectivity index is 2.52. The van der Waals surface area contributed by atoms with E-state index in [-0.39, 0.29) is 24.1 Å². The van der Waals surface area contributed by atoms with Crippen LogP contribution in [0.5, 0.6) is 0 Å². The fraction of sp³-hybridized carbons (Fsp3) is 1.00. The van der Waals surface area contributed by atoms with E-state index in [0.29, 0.717) is 6.42 Å². The summed E-state index contributed by atoms with van der Waals surface area (Å²) in [5, 5.41) is -0.134. The van der Waals surface area contributed by atoms with Crippen molar-refractivity contribution in [1.82, 2.24) is 0 Å². The summed E-state index contributed by atoms with van der Waals surface area (Å²) in [4.78, 5) is 0. The van der Waals surface area contributed by atoms with E-state index in [2.05, 4.69) is 0 Å². The van der Waals surface area contributed by atoms with Crippen LogP contribution in [-0.2, 0) is 0 Å². The summed E-state index contributed by atoms with van der Waals surface area (Å²) < 4.78 is 37.0. The monoisotopic (exact) mass is 214 g/mol. The maximum atomic E-state index is 12.3. The van der Waals surface area contributed by atoms with Gasteiger partial charge >= 0.3 is 6.18 Å². The first kappa shape index (κ1) is 11.2. The molecule has 0 aromatic rings. The quantitative estimate of drug-likeness (QED) is 0.579. The molecule has 0 spiro atoms. The Kier molecular flexibility index (Phi) is 3.50. The molecule has 0 amide bonds. The van der Waals surface area contributed by atoms with Gasteiger partial charge in [0.15, 0.2) is 0 Å². The highest BCUT2D eigenvalue weighted by atomic mass is 35.5. The zero-order valence-electron chi connectivity index (χ0n) is 7.57. The molecule has 0 saturated heterocycles. The summed E-state index contributed by atoms with van der Waals surface area (Å²) in [6.07, 6.45) is -2.02. The lowest BCUT2D eigenvalue weighted by Gasteiger charge is -2.31. The number of rotatable bonds is 1. The average Bonchev–Trinajstić information content (AvgIpc) is 2.03. The molecule has 0 aromatic heterocycles. The Morgan fingerprint density at radius 2 is 1.92 bits per heavy atom. The molecule has 78 valence electrons. The van der Waals surface area contributed by atoms with Crippen molar-refractivity contribution in [2.24, 2.45) is 11.8 Å². The number of alkyl halides is 4. The van der Waals surface area contributed by atoms with Gasteiger partial charge in [-0.05, 0) is 32.1 Å². The molecule has 4 heteroatoms. The van der Waals surface area contributed by atoms with Crippen molar-refractivity contribution >= 4 is 11.6 Å². The van der Waals surface area contributed by atoms with Gasteiger partial charge in [-0.25, -0.2) is 0 Å². The van der Waals surface area contributed by atoms with E-state index in [1.165, 1.54) is 0 Å². The molecule has 3 atom stereocenters. The number of halogens is 4. The van der Waals surface area contributed by atoms with Gasteiger partial charge in [0.1, 0.15) is 0 Å². The van der Waals surface area contributed by atoms with Crippen molar-refractivity contribution in [2.75, 3.05) is 0 Å². The molecule has 0 aromatic carbocycles. The standard InChI is InChI=1S/C9H14ClF3/c1-6(10)7-3-2-4-8(5-7)9(11,12)13/h6-8H,2-5H2,1H3. The molecule has 0 bridgehead atoms. The minimum atomic E-state index is -4.02. The fourth-order valence-corrected chi connectivity index (χ4v) is 2.17. The highest BCUT2D eigenvalue weighted by Crippen LogP contribution is 2.41. The van der Waals surface area contributed by atoms with Crippen LogP contribution in [0.15, 0.2) is 0 Å². The third-order valence-electron chi connectivity index (χ3n) is 2.83. The topological polar surface area (TPSA) is 0 Å². The van der Waals surface area contributed by atoms with E-state index in [9.17, 15) is 13.2 Å². The Labute approximate surface area is 81.5 Å². The van der Waals surface area contributed by atoms with Crippen LogP contribution in [0.3, 0.4) is 0 Å². The molecule has 13 heavy (non-hydrogen) atoms. The number of hydrogen-bond acceptors (Lipinski definition) is 0. The first-order valence-electron chi connectivity index (χ1n) is 4.62. The molecule has 0 heterocycles. The molecule has 0 nitrogen and oxygen atoms in total. The van der Waals surface area contributed by atoms with Crippen LogP contribution in [0.4, 0.5) is 13.2 Å². The van der Waals surface area contributed by atoms with E-state index in [4.69, 9.17) is 11.6 Å². The molecule has 3 unspecified atom stereocenters. The molecule has 0 aliphatic heterocycles. The Morgan fingerprint density at radius 3 is 2.38 bits per heavy atom.